The van der Waals surface area contributed by atoms with Gasteiger partial charge in [-0.1, -0.05) is 0 Å². The third kappa shape index (κ3) is 2.97. The number of rotatable bonds is 5. The number of nitrogens with zero attached hydrogens (tertiary/aromatic N) is 1. The highest BCUT2D eigenvalue weighted by molar-refractivity contribution is 7.89. The molecule has 1 fully saturated rings. The lowest BCUT2D eigenvalue weighted by molar-refractivity contribution is 0.233. The van der Waals surface area contributed by atoms with E-state index in [0.717, 1.165) is 5.56 Å². The van der Waals surface area contributed by atoms with Crippen LogP contribution in [-0.4, -0.2) is 44.1 Å². The molecule has 0 aliphatic carbocycles. The lowest BCUT2D eigenvalue weighted by Crippen LogP contribution is -2.29. The zero-order chi connectivity index (χ0) is 14.8. The van der Waals surface area contributed by atoms with Crippen molar-refractivity contribution in [3.63, 3.8) is 0 Å². The molecule has 1 unspecified atom stereocenters. The number of benzene rings is 1. The van der Waals surface area contributed by atoms with Crippen molar-refractivity contribution in [1.82, 2.24) is 4.31 Å². The van der Waals surface area contributed by atoms with Crippen LogP contribution in [0.15, 0.2) is 23.1 Å². The Balaban J connectivity index is 2.24. The minimum Gasteiger partial charge on any atom is -0.494 e. The van der Waals surface area contributed by atoms with Crippen molar-refractivity contribution in [2.45, 2.75) is 25.2 Å². The fourth-order valence-electron chi connectivity index (χ4n) is 2.41. The Hall–Kier alpha value is -1.11. The Bertz CT molecular complexity index is 571. The van der Waals surface area contributed by atoms with Crippen molar-refractivity contribution >= 4 is 10.0 Å². The van der Waals surface area contributed by atoms with E-state index in [1.54, 1.807) is 18.2 Å². The van der Waals surface area contributed by atoms with Gasteiger partial charge in [-0.25, -0.2) is 8.42 Å². The first-order valence-corrected chi connectivity index (χ1v) is 8.27. The largest absolute Gasteiger partial charge is 0.494 e. The topological polar surface area (TPSA) is 66.8 Å². The number of hydrogen-bond donors (Lipinski definition) is 1. The summed E-state index contributed by atoms with van der Waals surface area (Å²) < 4.78 is 31.9. The summed E-state index contributed by atoms with van der Waals surface area (Å²) in [6.45, 7) is 5.18. The van der Waals surface area contributed by atoms with Gasteiger partial charge in [-0.3, -0.25) is 0 Å². The van der Waals surface area contributed by atoms with Crippen LogP contribution < -0.4 is 4.74 Å². The first-order chi connectivity index (χ1) is 9.48. The molecule has 1 aromatic carbocycles. The molecule has 6 heteroatoms. The third-order valence-electron chi connectivity index (χ3n) is 3.59. The zero-order valence-corrected chi connectivity index (χ0v) is 12.7. The SMILES string of the molecule is CCOc1ccc(S(=O)(=O)N2CCC(CO)C2)cc1C. The van der Waals surface area contributed by atoms with Crippen LogP contribution >= 0.6 is 0 Å². The highest BCUT2D eigenvalue weighted by Crippen LogP contribution is 2.27. The van der Waals surface area contributed by atoms with Gasteiger partial charge in [0.15, 0.2) is 0 Å². The molecule has 1 N–H and O–H groups in total. The first kappa shape index (κ1) is 15.3. The van der Waals surface area contributed by atoms with Gasteiger partial charge in [0.05, 0.1) is 11.5 Å². The highest BCUT2D eigenvalue weighted by Gasteiger charge is 2.32. The predicted molar refractivity (Wildman–Crippen MR) is 76.3 cm³/mol. The van der Waals surface area contributed by atoms with E-state index in [2.05, 4.69) is 0 Å². The maximum atomic E-state index is 12.5. The lowest BCUT2D eigenvalue weighted by Gasteiger charge is -2.17. The normalized spacial score (nSPS) is 20.2. The standard InChI is InChI=1S/C14H21NO4S/c1-3-19-14-5-4-13(8-11(14)2)20(17,18)15-7-6-12(9-15)10-16/h4-5,8,12,16H,3,6-7,9-10H2,1-2H3. The fraction of sp³-hybridized carbons (Fsp3) is 0.571. The molecule has 0 aromatic heterocycles. The van der Waals surface area contributed by atoms with Crippen LogP contribution in [0.25, 0.3) is 0 Å². The number of aliphatic hydroxyl groups is 1. The van der Waals surface area contributed by atoms with Gasteiger partial charge in [-0.05, 0) is 49.9 Å². The minimum absolute atomic E-state index is 0.0360. The second kappa shape index (κ2) is 6.11. The Kier molecular flexibility index (Phi) is 4.67. The van der Waals surface area contributed by atoms with Crippen molar-refractivity contribution in [2.24, 2.45) is 5.92 Å². The van der Waals surface area contributed by atoms with Gasteiger partial charge in [-0.15, -0.1) is 0 Å². The molecule has 5 nitrogen and oxygen atoms in total. The van der Waals surface area contributed by atoms with E-state index in [0.29, 0.717) is 31.9 Å². The lowest BCUT2D eigenvalue weighted by atomic mass is 10.1. The van der Waals surface area contributed by atoms with Gasteiger partial charge >= 0.3 is 0 Å². The van der Waals surface area contributed by atoms with E-state index in [-0.39, 0.29) is 17.4 Å². The minimum atomic E-state index is -3.47. The predicted octanol–water partition coefficient (Wildman–Crippen LogP) is 1.40. The van der Waals surface area contributed by atoms with Gasteiger partial charge in [-0.2, -0.15) is 4.31 Å². The molecule has 0 spiro atoms. The molecule has 1 saturated heterocycles. The van der Waals surface area contributed by atoms with Gasteiger partial charge in [0.25, 0.3) is 0 Å². The van der Waals surface area contributed by atoms with Crippen LogP contribution in [0.3, 0.4) is 0 Å². The summed E-state index contributed by atoms with van der Waals surface area (Å²) in [7, 11) is -3.47. The Labute approximate surface area is 120 Å². The van der Waals surface area contributed by atoms with Crippen LogP contribution in [0.1, 0.15) is 18.9 Å². The molecule has 0 amide bonds. The van der Waals surface area contributed by atoms with Crippen molar-refractivity contribution in [2.75, 3.05) is 26.3 Å². The van der Waals surface area contributed by atoms with E-state index in [1.165, 1.54) is 4.31 Å². The monoisotopic (exact) mass is 299 g/mol. The molecule has 0 saturated carbocycles. The summed E-state index contributed by atoms with van der Waals surface area (Å²) in [5, 5.41) is 9.12. The number of aliphatic hydroxyl groups excluding tert-OH is 1. The molecule has 0 bridgehead atoms. The molecule has 1 atom stereocenters. The second-order valence-electron chi connectivity index (χ2n) is 5.06. The van der Waals surface area contributed by atoms with Crippen LogP contribution in [0.4, 0.5) is 0 Å². The molecular weight excluding hydrogens is 278 g/mol. The molecular formula is C14H21NO4S. The van der Waals surface area contributed by atoms with E-state index in [4.69, 9.17) is 9.84 Å². The van der Waals surface area contributed by atoms with Gasteiger partial charge in [0, 0.05) is 19.7 Å². The molecule has 112 valence electrons. The third-order valence-corrected chi connectivity index (χ3v) is 5.45. The van der Waals surface area contributed by atoms with E-state index in [9.17, 15) is 8.42 Å². The highest BCUT2D eigenvalue weighted by atomic mass is 32.2. The van der Waals surface area contributed by atoms with E-state index < -0.39 is 10.0 Å². The van der Waals surface area contributed by atoms with Crippen LogP contribution in [0, 0.1) is 12.8 Å². The molecule has 20 heavy (non-hydrogen) atoms. The molecule has 1 aliphatic rings. The first-order valence-electron chi connectivity index (χ1n) is 6.83. The molecule has 2 rings (SSSR count). The fourth-order valence-corrected chi connectivity index (χ4v) is 4.03. The summed E-state index contributed by atoms with van der Waals surface area (Å²) in [6, 6.07) is 4.93. The summed E-state index contributed by atoms with van der Waals surface area (Å²) in [4.78, 5) is 0.289. The Morgan fingerprint density at radius 1 is 1.45 bits per heavy atom. The summed E-state index contributed by atoms with van der Waals surface area (Å²) in [5.74, 6) is 0.759. The Morgan fingerprint density at radius 3 is 2.75 bits per heavy atom. The van der Waals surface area contributed by atoms with E-state index >= 15 is 0 Å². The molecule has 1 aliphatic heterocycles. The molecule has 0 radical (unpaired) electrons. The molecule has 1 heterocycles. The van der Waals surface area contributed by atoms with Crippen molar-refractivity contribution in [3.8, 4) is 5.75 Å². The van der Waals surface area contributed by atoms with E-state index in [1.807, 2.05) is 13.8 Å². The maximum absolute atomic E-state index is 12.5. The van der Waals surface area contributed by atoms with Crippen LogP contribution in [-0.2, 0) is 10.0 Å². The summed E-state index contributed by atoms with van der Waals surface area (Å²) in [5.41, 5.74) is 0.811. The number of sulfonamides is 1. The van der Waals surface area contributed by atoms with Crippen LogP contribution in [0.5, 0.6) is 5.75 Å². The summed E-state index contributed by atoms with van der Waals surface area (Å²) in [6.07, 6.45) is 0.714. The van der Waals surface area contributed by atoms with Gasteiger partial charge in [0.2, 0.25) is 10.0 Å². The Morgan fingerprint density at radius 2 is 2.20 bits per heavy atom. The van der Waals surface area contributed by atoms with Crippen molar-refractivity contribution in [3.05, 3.63) is 23.8 Å². The number of hydrogen-bond acceptors (Lipinski definition) is 4. The maximum Gasteiger partial charge on any atom is 0.243 e. The molecule has 1 aromatic rings. The number of ether oxygens (including phenoxy) is 1. The van der Waals surface area contributed by atoms with Gasteiger partial charge in [0.1, 0.15) is 5.75 Å². The van der Waals surface area contributed by atoms with Crippen molar-refractivity contribution in [1.29, 1.82) is 0 Å². The summed E-state index contributed by atoms with van der Waals surface area (Å²) >= 11 is 0. The number of aryl methyl sites for hydroxylation is 1. The van der Waals surface area contributed by atoms with Crippen LogP contribution in [0.2, 0.25) is 0 Å². The smallest absolute Gasteiger partial charge is 0.243 e. The zero-order valence-electron chi connectivity index (χ0n) is 11.9. The average molecular weight is 299 g/mol. The van der Waals surface area contributed by atoms with Crippen molar-refractivity contribution < 1.29 is 18.3 Å². The second-order valence-corrected chi connectivity index (χ2v) is 7.00. The quantitative estimate of drug-likeness (QED) is 0.892. The van der Waals surface area contributed by atoms with Gasteiger partial charge < -0.3 is 9.84 Å². The average Bonchev–Trinajstić information content (AvgIpc) is 2.90.